The van der Waals surface area contributed by atoms with Crippen molar-refractivity contribution in [1.82, 2.24) is 14.5 Å². The van der Waals surface area contributed by atoms with Gasteiger partial charge in [-0.2, -0.15) is 0 Å². The summed E-state index contributed by atoms with van der Waals surface area (Å²) >= 11 is 0. The molecule has 4 rings (SSSR count). The number of likely N-dealkylation sites (tertiary alicyclic amines) is 1. The minimum atomic E-state index is 0. The number of aryl methyl sites for hydroxylation is 1. The zero-order chi connectivity index (χ0) is 18.8. The van der Waals surface area contributed by atoms with Gasteiger partial charge >= 0.3 is 5.69 Å². The molecular weight excluding hydrogens is 374 g/mol. The summed E-state index contributed by atoms with van der Waals surface area (Å²) in [5.74, 6) is 0. The molecule has 5 nitrogen and oxygen atoms in total. The summed E-state index contributed by atoms with van der Waals surface area (Å²) in [6.07, 6.45) is 8.49. The van der Waals surface area contributed by atoms with E-state index in [1.165, 1.54) is 31.2 Å². The van der Waals surface area contributed by atoms with Gasteiger partial charge in [0.15, 0.2) is 0 Å². The van der Waals surface area contributed by atoms with E-state index in [4.69, 9.17) is 4.74 Å². The second-order valence-corrected chi connectivity index (χ2v) is 8.16. The number of hydrogen-bond acceptors (Lipinski definition) is 3. The fourth-order valence-corrected chi connectivity index (χ4v) is 5.07. The van der Waals surface area contributed by atoms with Crippen LogP contribution in [0.1, 0.15) is 64.0 Å². The lowest BCUT2D eigenvalue weighted by Crippen LogP contribution is -2.45. The van der Waals surface area contributed by atoms with Crippen molar-refractivity contribution in [1.29, 1.82) is 0 Å². The van der Waals surface area contributed by atoms with Crippen LogP contribution < -0.4 is 5.69 Å². The predicted octanol–water partition coefficient (Wildman–Crippen LogP) is 4.30. The van der Waals surface area contributed by atoms with E-state index in [0.717, 1.165) is 50.0 Å². The molecule has 1 aromatic carbocycles. The van der Waals surface area contributed by atoms with E-state index in [-0.39, 0.29) is 18.1 Å². The first-order chi connectivity index (χ1) is 13.2. The minimum Gasteiger partial charge on any atom is -0.379 e. The Labute approximate surface area is 173 Å². The number of aromatic nitrogens is 2. The van der Waals surface area contributed by atoms with Gasteiger partial charge in [0.05, 0.1) is 17.1 Å². The Balaban J connectivity index is 0.00000225. The van der Waals surface area contributed by atoms with Crippen molar-refractivity contribution >= 4 is 23.4 Å². The maximum Gasteiger partial charge on any atom is 0.326 e. The number of ether oxygens (including phenoxy) is 1. The lowest BCUT2D eigenvalue weighted by Gasteiger charge is -2.41. The van der Waals surface area contributed by atoms with Gasteiger partial charge in [-0.1, -0.05) is 13.0 Å². The van der Waals surface area contributed by atoms with Gasteiger partial charge in [-0.05, 0) is 69.6 Å². The summed E-state index contributed by atoms with van der Waals surface area (Å²) in [5.41, 5.74) is 3.39. The van der Waals surface area contributed by atoms with Gasteiger partial charge in [0.1, 0.15) is 0 Å². The number of aromatic amines is 1. The monoisotopic (exact) mass is 407 g/mol. The van der Waals surface area contributed by atoms with E-state index in [2.05, 4.69) is 41.9 Å². The molecular formula is C22H34ClN3O2. The molecule has 156 valence electrons. The summed E-state index contributed by atoms with van der Waals surface area (Å²) in [4.78, 5) is 18.3. The first kappa shape index (κ1) is 21.4. The molecule has 2 aromatic rings. The molecule has 1 aliphatic heterocycles. The number of rotatable bonds is 5. The Hall–Kier alpha value is -1.30. The third kappa shape index (κ3) is 4.32. The zero-order valence-electron chi connectivity index (χ0n) is 17.2. The molecule has 0 unspecified atom stereocenters. The van der Waals surface area contributed by atoms with Crippen LogP contribution in [0.5, 0.6) is 0 Å². The highest BCUT2D eigenvalue weighted by Crippen LogP contribution is 2.31. The largest absolute Gasteiger partial charge is 0.379 e. The topological polar surface area (TPSA) is 50.3 Å². The Bertz CT molecular complexity index is 815. The number of piperidine rings is 1. The standard InChI is InChI=1S/C22H33N3O2.ClH/c1-3-16-5-10-20-21(15-16)25(22(26)23-20)18-11-13-24(14-12-18)17-6-8-19(9-7-17)27-4-2;/h5,10,15,17-19H,3-4,6-9,11-14H2,1-2H3,(H,23,26);1H. The molecule has 1 N–H and O–H groups in total. The van der Waals surface area contributed by atoms with Gasteiger partial charge in [-0.25, -0.2) is 4.79 Å². The molecule has 2 aliphatic rings. The Kier molecular flexibility index (Phi) is 7.24. The third-order valence-electron chi connectivity index (χ3n) is 6.62. The molecule has 2 fully saturated rings. The second kappa shape index (κ2) is 9.47. The van der Waals surface area contributed by atoms with Crippen LogP contribution in [-0.2, 0) is 11.2 Å². The molecule has 6 heteroatoms. The van der Waals surface area contributed by atoms with E-state index < -0.39 is 0 Å². The van der Waals surface area contributed by atoms with Crippen LogP contribution in [0.2, 0.25) is 0 Å². The van der Waals surface area contributed by atoms with Crippen LogP contribution in [0.15, 0.2) is 23.0 Å². The van der Waals surface area contributed by atoms with Crippen LogP contribution in [0.4, 0.5) is 0 Å². The number of halogens is 1. The summed E-state index contributed by atoms with van der Waals surface area (Å²) in [5, 5.41) is 0. The van der Waals surface area contributed by atoms with Crippen LogP contribution >= 0.6 is 12.4 Å². The lowest BCUT2D eigenvalue weighted by molar-refractivity contribution is 0.00796. The van der Waals surface area contributed by atoms with Gasteiger partial charge < -0.3 is 14.6 Å². The van der Waals surface area contributed by atoms with Crippen LogP contribution in [0, 0.1) is 0 Å². The fraction of sp³-hybridized carbons (Fsp3) is 0.682. The van der Waals surface area contributed by atoms with Gasteiger partial charge in [-0.3, -0.25) is 4.57 Å². The van der Waals surface area contributed by atoms with Crippen molar-refractivity contribution in [3.05, 3.63) is 34.2 Å². The highest BCUT2D eigenvalue weighted by atomic mass is 35.5. The molecule has 1 aromatic heterocycles. The number of nitrogens with one attached hydrogen (secondary N) is 1. The number of hydrogen-bond donors (Lipinski definition) is 1. The molecule has 1 aliphatic carbocycles. The van der Waals surface area contributed by atoms with Gasteiger partial charge in [-0.15, -0.1) is 12.4 Å². The maximum absolute atomic E-state index is 12.6. The number of nitrogens with zero attached hydrogens (tertiary/aromatic N) is 2. The van der Waals surface area contributed by atoms with Gasteiger partial charge in [0, 0.05) is 31.8 Å². The highest BCUT2D eigenvalue weighted by molar-refractivity contribution is 5.85. The van der Waals surface area contributed by atoms with Crippen molar-refractivity contribution in [2.75, 3.05) is 19.7 Å². The Morgan fingerprint density at radius 2 is 1.75 bits per heavy atom. The SMILES string of the molecule is CCOC1CCC(N2CCC(n3c(=O)[nH]c4ccc(CC)cc43)CC2)CC1.Cl. The molecule has 0 radical (unpaired) electrons. The number of H-pyrrole nitrogens is 1. The van der Waals surface area contributed by atoms with Crippen LogP contribution in [0.25, 0.3) is 11.0 Å². The molecule has 1 saturated carbocycles. The van der Waals surface area contributed by atoms with E-state index in [1.54, 1.807) is 0 Å². The zero-order valence-corrected chi connectivity index (χ0v) is 18.0. The van der Waals surface area contributed by atoms with Crippen molar-refractivity contribution in [2.24, 2.45) is 0 Å². The normalized spacial score (nSPS) is 24.4. The van der Waals surface area contributed by atoms with Crippen LogP contribution in [0.3, 0.4) is 0 Å². The summed E-state index contributed by atoms with van der Waals surface area (Å²) in [6.45, 7) is 7.28. The molecule has 0 amide bonds. The van der Waals surface area contributed by atoms with E-state index in [9.17, 15) is 4.79 Å². The third-order valence-corrected chi connectivity index (χ3v) is 6.62. The molecule has 28 heavy (non-hydrogen) atoms. The average molecular weight is 408 g/mol. The van der Waals surface area contributed by atoms with Crippen LogP contribution in [-0.4, -0.2) is 46.3 Å². The summed E-state index contributed by atoms with van der Waals surface area (Å²) in [6, 6.07) is 7.37. The summed E-state index contributed by atoms with van der Waals surface area (Å²) in [7, 11) is 0. The first-order valence-electron chi connectivity index (χ1n) is 10.8. The van der Waals surface area contributed by atoms with Crippen molar-refractivity contribution in [2.45, 2.75) is 77.0 Å². The van der Waals surface area contributed by atoms with Gasteiger partial charge in [0.2, 0.25) is 0 Å². The first-order valence-corrected chi connectivity index (χ1v) is 10.8. The van der Waals surface area contributed by atoms with E-state index >= 15 is 0 Å². The Morgan fingerprint density at radius 3 is 2.39 bits per heavy atom. The number of fused-ring (bicyclic) bond motifs is 1. The fourth-order valence-electron chi connectivity index (χ4n) is 5.07. The predicted molar refractivity (Wildman–Crippen MR) is 117 cm³/mol. The number of imidazole rings is 1. The maximum atomic E-state index is 12.6. The van der Waals surface area contributed by atoms with Crippen molar-refractivity contribution in [3.63, 3.8) is 0 Å². The van der Waals surface area contributed by atoms with Crippen molar-refractivity contribution in [3.8, 4) is 0 Å². The van der Waals surface area contributed by atoms with E-state index in [0.29, 0.717) is 18.2 Å². The summed E-state index contributed by atoms with van der Waals surface area (Å²) < 4.78 is 7.82. The minimum absolute atomic E-state index is 0. The van der Waals surface area contributed by atoms with Crippen molar-refractivity contribution < 1.29 is 4.74 Å². The highest BCUT2D eigenvalue weighted by Gasteiger charge is 2.30. The molecule has 1 saturated heterocycles. The average Bonchev–Trinajstić information content (AvgIpc) is 3.04. The molecule has 0 atom stereocenters. The van der Waals surface area contributed by atoms with Gasteiger partial charge in [0.25, 0.3) is 0 Å². The molecule has 0 bridgehead atoms. The lowest BCUT2D eigenvalue weighted by atomic mass is 9.90. The van der Waals surface area contributed by atoms with E-state index in [1.807, 2.05) is 4.57 Å². The molecule has 2 heterocycles. The Morgan fingerprint density at radius 1 is 1.04 bits per heavy atom. The quantitative estimate of drug-likeness (QED) is 0.803. The number of benzene rings is 1. The smallest absolute Gasteiger partial charge is 0.326 e. The second-order valence-electron chi connectivity index (χ2n) is 8.16. The molecule has 0 spiro atoms.